The molecule has 0 bridgehead atoms. The molecule has 0 spiro atoms. The van der Waals surface area contributed by atoms with E-state index in [2.05, 4.69) is 10.0 Å². The lowest BCUT2D eigenvalue weighted by atomic mass is 10.3. The lowest BCUT2D eigenvalue weighted by molar-refractivity contribution is -0.0914. The molecule has 0 radical (unpaired) electrons. The number of nitrogens with two attached hydrogens (primary N) is 1. The highest BCUT2D eigenvalue weighted by molar-refractivity contribution is 7.90. The van der Waals surface area contributed by atoms with Gasteiger partial charge in [-0.05, 0) is 18.2 Å². The summed E-state index contributed by atoms with van der Waals surface area (Å²) in [6.07, 6.45) is -0.375. The van der Waals surface area contributed by atoms with Gasteiger partial charge in [-0.25, -0.2) is 5.14 Å². The van der Waals surface area contributed by atoms with Crippen LogP contribution in [0.5, 0.6) is 0 Å². The zero-order valence-electron chi connectivity index (χ0n) is 10.2. The smallest absolute Gasteiger partial charge is 0.296 e. The highest BCUT2D eigenvalue weighted by Gasteiger charge is 2.06. The van der Waals surface area contributed by atoms with Crippen molar-refractivity contribution in [1.82, 2.24) is 0 Å². The predicted molar refractivity (Wildman–Crippen MR) is 69.5 cm³/mol. The average molecular weight is 275 g/mol. The van der Waals surface area contributed by atoms with Crippen LogP contribution in [-0.4, -0.2) is 35.5 Å². The minimum Gasteiger partial charge on any atom is -0.380 e. The summed E-state index contributed by atoms with van der Waals surface area (Å²) in [5.74, 6) is 0. The molecule has 4 N–H and O–H groups in total. The van der Waals surface area contributed by atoms with Crippen LogP contribution in [0.3, 0.4) is 0 Å². The van der Waals surface area contributed by atoms with Crippen molar-refractivity contribution in [2.45, 2.75) is 6.29 Å². The van der Waals surface area contributed by atoms with E-state index in [0.29, 0.717) is 12.2 Å². The monoisotopic (exact) mass is 275 g/mol. The van der Waals surface area contributed by atoms with E-state index in [1.807, 2.05) is 0 Å². The Bertz CT molecular complexity index is 474. The van der Waals surface area contributed by atoms with Gasteiger partial charge in [-0.2, -0.15) is 8.42 Å². The minimum atomic E-state index is -3.76. The molecule has 0 amide bonds. The van der Waals surface area contributed by atoms with E-state index >= 15 is 0 Å². The van der Waals surface area contributed by atoms with Crippen LogP contribution in [0.2, 0.25) is 0 Å². The summed E-state index contributed by atoms with van der Waals surface area (Å²) in [5.41, 5.74) is 1.11. The van der Waals surface area contributed by atoms with Gasteiger partial charge in [0.25, 0.3) is 10.2 Å². The van der Waals surface area contributed by atoms with E-state index in [4.69, 9.17) is 14.6 Å². The standard InChI is InChI=1S/C10H17N3O4S/c1-16-10(17-2)7-12-8-4-3-5-9(6-8)13-18(11,14)15/h3-6,10,12-13H,7H2,1-2H3,(H2,11,14,15). The molecule has 1 aromatic carbocycles. The van der Waals surface area contributed by atoms with Gasteiger partial charge in [-0.3, -0.25) is 4.72 Å². The fourth-order valence-electron chi connectivity index (χ4n) is 1.32. The summed E-state index contributed by atoms with van der Waals surface area (Å²) in [4.78, 5) is 0. The Labute approximate surface area is 106 Å². The van der Waals surface area contributed by atoms with Crippen molar-refractivity contribution in [3.8, 4) is 0 Å². The van der Waals surface area contributed by atoms with Crippen molar-refractivity contribution in [3.05, 3.63) is 24.3 Å². The number of rotatable bonds is 7. The molecule has 0 aromatic heterocycles. The van der Waals surface area contributed by atoms with Gasteiger partial charge in [-0.15, -0.1) is 0 Å². The Morgan fingerprint density at radius 1 is 1.28 bits per heavy atom. The van der Waals surface area contributed by atoms with Crippen LogP contribution >= 0.6 is 0 Å². The Morgan fingerprint density at radius 3 is 2.44 bits per heavy atom. The molecule has 0 aliphatic carbocycles. The maximum Gasteiger partial charge on any atom is 0.296 e. The summed E-state index contributed by atoms with van der Waals surface area (Å²) in [6, 6.07) is 6.70. The molecular formula is C10H17N3O4S. The van der Waals surface area contributed by atoms with Gasteiger partial charge >= 0.3 is 0 Å². The van der Waals surface area contributed by atoms with Crippen LogP contribution in [0.15, 0.2) is 24.3 Å². The molecule has 7 nitrogen and oxygen atoms in total. The van der Waals surface area contributed by atoms with Gasteiger partial charge in [0, 0.05) is 19.9 Å². The quantitative estimate of drug-likeness (QED) is 0.622. The van der Waals surface area contributed by atoms with Gasteiger partial charge in [0.1, 0.15) is 0 Å². The molecule has 0 aliphatic rings. The Balaban J connectivity index is 2.65. The molecule has 0 fully saturated rings. The molecule has 0 unspecified atom stereocenters. The normalized spacial score (nSPS) is 11.6. The summed E-state index contributed by atoms with van der Waals surface area (Å²) in [5, 5.41) is 7.93. The third-order valence-electron chi connectivity index (χ3n) is 2.12. The van der Waals surface area contributed by atoms with Crippen LogP contribution < -0.4 is 15.2 Å². The SMILES string of the molecule is COC(CNc1cccc(NS(N)(=O)=O)c1)OC. The van der Waals surface area contributed by atoms with Crippen molar-refractivity contribution < 1.29 is 17.9 Å². The number of hydrogen-bond acceptors (Lipinski definition) is 5. The summed E-state index contributed by atoms with van der Waals surface area (Å²) in [7, 11) is -0.689. The maximum atomic E-state index is 10.9. The molecule has 0 saturated carbocycles. The molecule has 18 heavy (non-hydrogen) atoms. The molecule has 102 valence electrons. The van der Waals surface area contributed by atoms with Gasteiger partial charge < -0.3 is 14.8 Å². The summed E-state index contributed by atoms with van der Waals surface area (Å²) < 4.78 is 34.0. The molecule has 0 atom stereocenters. The number of anilines is 2. The van der Waals surface area contributed by atoms with Crippen LogP contribution in [-0.2, 0) is 19.7 Å². The van der Waals surface area contributed by atoms with Crippen molar-refractivity contribution in [2.75, 3.05) is 30.8 Å². The molecule has 0 aliphatic heterocycles. The topological polar surface area (TPSA) is 103 Å². The van der Waals surface area contributed by atoms with E-state index in [1.54, 1.807) is 24.3 Å². The average Bonchev–Trinajstić information content (AvgIpc) is 2.28. The van der Waals surface area contributed by atoms with Crippen molar-refractivity contribution in [3.63, 3.8) is 0 Å². The highest BCUT2D eigenvalue weighted by atomic mass is 32.2. The first kappa shape index (κ1) is 14.7. The van der Waals surface area contributed by atoms with E-state index < -0.39 is 10.2 Å². The largest absolute Gasteiger partial charge is 0.380 e. The fraction of sp³-hybridized carbons (Fsp3) is 0.400. The van der Waals surface area contributed by atoms with E-state index in [9.17, 15) is 8.42 Å². The third kappa shape index (κ3) is 5.32. The van der Waals surface area contributed by atoms with Gasteiger partial charge in [0.2, 0.25) is 0 Å². The summed E-state index contributed by atoms with van der Waals surface area (Å²) >= 11 is 0. The fourth-order valence-corrected chi connectivity index (χ4v) is 1.78. The number of nitrogens with one attached hydrogen (secondary N) is 2. The Morgan fingerprint density at radius 2 is 1.89 bits per heavy atom. The van der Waals surface area contributed by atoms with Gasteiger partial charge in [0.15, 0.2) is 6.29 Å². The number of ether oxygens (including phenoxy) is 2. The van der Waals surface area contributed by atoms with Crippen molar-refractivity contribution >= 4 is 21.6 Å². The first-order valence-corrected chi connectivity index (χ1v) is 6.69. The molecule has 1 rings (SSSR count). The lowest BCUT2D eigenvalue weighted by Crippen LogP contribution is -2.24. The van der Waals surface area contributed by atoms with Crippen LogP contribution in [0.4, 0.5) is 11.4 Å². The van der Waals surface area contributed by atoms with Crippen LogP contribution in [0, 0.1) is 0 Å². The molecule has 8 heteroatoms. The second-order valence-corrected chi connectivity index (χ2v) is 4.80. The number of benzene rings is 1. The van der Waals surface area contributed by atoms with E-state index in [0.717, 1.165) is 5.69 Å². The van der Waals surface area contributed by atoms with Crippen LogP contribution in [0.1, 0.15) is 0 Å². The van der Waals surface area contributed by atoms with E-state index in [1.165, 1.54) is 14.2 Å². The van der Waals surface area contributed by atoms with Gasteiger partial charge in [0.05, 0.1) is 12.2 Å². The zero-order chi connectivity index (χ0) is 13.6. The second-order valence-electron chi connectivity index (χ2n) is 3.51. The molecule has 0 heterocycles. The first-order chi connectivity index (χ1) is 8.44. The summed E-state index contributed by atoms with van der Waals surface area (Å²) in [6.45, 7) is 0.436. The highest BCUT2D eigenvalue weighted by Crippen LogP contribution is 2.15. The molecular weight excluding hydrogens is 258 g/mol. The van der Waals surface area contributed by atoms with E-state index in [-0.39, 0.29) is 6.29 Å². The lowest BCUT2D eigenvalue weighted by Gasteiger charge is -2.15. The van der Waals surface area contributed by atoms with Crippen molar-refractivity contribution in [2.24, 2.45) is 5.14 Å². The van der Waals surface area contributed by atoms with Crippen LogP contribution in [0.25, 0.3) is 0 Å². The molecule has 1 aromatic rings. The zero-order valence-corrected chi connectivity index (χ0v) is 11.0. The van der Waals surface area contributed by atoms with Gasteiger partial charge in [-0.1, -0.05) is 6.07 Å². The third-order valence-corrected chi connectivity index (χ3v) is 2.64. The molecule has 0 saturated heterocycles. The number of methoxy groups -OCH3 is 2. The minimum absolute atomic E-state index is 0.375. The Hall–Kier alpha value is -1.35. The second kappa shape index (κ2) is 6.55. The Kier molecular flexibility index (Phi) is 5.35. The maximum absolute atomic E-state index is 10.9. The predicted octanol–water partition coefficient (Wildman–Crippen LogP) is 0.333. The number of hydrogen-bond donors (Lipinski definition) is 3. The van der Waals surface area contributed by atoms with Crippen molar-refractivity contribution in [1.29, 1.82) is 0 Å². The first-order valence-electron chi connectivity index (χ1n) is 5.14.